The Morgan fingerprint density at radius 2 is 1.94 bits per heavy atom. The summed E-state index contributed by atoms with van der Waals surface area (Å²) < 4.78 is 39.5. The molecule has 2 rings (SSSR count). The van der Waals surface area contributed by atoms with Crippen molar-refractivity contribution in [3.8, 4) is 0 Å². The Morgan fingerprint density at radius 3 is 2.59 bits per heavy atom. The minimum atomic E-state index is -1.47. The van der Waals surface area contributed by atoms with Crippen molar-refractivity contribution in [2.75, 3.05) is 11.4 Å². The first-order valence-corrected chi connectivity index (χ1v) is 5.42. The van der Waals surface area contributed by atoms with Crippen molar-refractivity contribution in [1.29, 1.82) is 0 Å². The van der Waals surface area contributed by atoms with Crippen LogP contribution in [0.15, 0.2) is 12.1 Å². The summed E-state index contributed by atoms with van der Waals surface area (Å²) in [7, 11) is 0. The molecule has 1 saturated heterocycles. The molecule has 5 heteroatoms. The van der Waals surface area contributed by atoms with Crippen molar-refractivity contribution >= 4 is 11.5 Å². The Kier molecular flexibility index (Phi) is 3.09. The fraction of sp³-hybridized carbons (Fsp3) is 0.417. The van der Waals surface area contributed by atoms with Gasteiger partial charge in [0.25, 0.3) is 0 Å². The molecule has 0 spiro atoms. The van der Waals surface area contributed by atoms with Gasteiger partial charge in [0.1, 0.15) is 5.78 Å². The van der Waals surface area contributed by atoms with Crippen LogP contribution in [0.5, 0.6) is 0 Å². The van der Waals surface area contributed by atoms with E-state index in [1.807, 2.05) is 0 Å². The van der Waals surface area contributed by atoms with Gasteiger partial charge in [0, 0.05) is 25.4 Å². The van der Waals surface area contributed by atoms with Crippen molar-refractivity contribution in [3.63, 3.8) is 0 Å². The van der Waals surface area contributed by atoms with Gasteiger partial charge in [0.05, 0.1) is 5.69 Å². The Labute approximate surface area is 97.0 Å². The summed E-state index contributed by atoms with van der Waals surface area (Å²) in [6, 6.07) is 1.91. The van der Waals surface area contributed by atoms with Gasteiger partial charge in [0.15, 0.2) is 17.5 Å². The number of hydrogen-bond acceptors (Lipinski definition) is 2. The van der Waals surface area contributed by atoms with Crippen LogP contribution in [0.4, 0.5) is 18.9 Å². The lowest BCUT2D eigenvalue weighted by molar-refractivity contribution is -0.120. The summed E-state index contributed by atoms with van der Waals surface area (Å²) in [6.07, 6.45) is 0.612. The summed E-state index contributed by atoms with van der Waals surface area (Å²) >= 11 is 0. The van der Waals surface area contributed by atoms with Gasteiger partial charge in [-0.05, 0) is 19.1 Å². The largest absolute Gasteiger partial charge is 0.365 e. The molecule has 0 bridgehead atoms. The Hall–Kier alpha value is -1.52. The van der Waals surface area contributed by atoms with E-state index < -0.39 is 17.5 Å². The first kappa shape index (κ1) is 12.0. The SMILES string of the molecule is CC1CC(=O)CCN1c1ccc(F)c(F)c1F. The van der Waals surface area contributed by atoms with Crippen LogP contribution in [-0.4, -0.2) is 18.4 Å². The molecular weight excluding hydrogens is 231 g/mol. The third-order valence-electron chi connectivity index (χ3n) is 3.01. The molecule has 0 N–H and O–H groups in total. The summed E-state index contributed by atoms with van der Waals surface area (Å²) in [6.45, 7) is 2.10. The van der Waals surface area contributed by atoms with Gasteiger partial charge in [-0.2, -0.15) is 0 Å². The first-order valence-electron chi connectivity index (χ1n) is 5.42. The minimum absolute atomic E-state index is 0.0175. The van der Waals surface area contributed by atoms with Crippen molar-refractivity contribution in [2.24, 2.45) is 0 Å². The molecule has 1 fully saturated rings. The van der Waals surface area contributed by atoms with Gasteiger partial charge < -0.3 is 4.90 Å². The maximum absolute atomic E-state index is 13.6. The number of piperidine rings is 1. The monoisotopic (exact) mass is 243 g/mol. The molecule has 1 aromatic carbocycles. The highest BCUT2D eigenvalue weighted by Gasteiger charge is 2.27. The zero-order chi connectivity index (χ0) is 12.6. The topological polar surface area (TPSA) is 20.3 Å². The molecule has 1 aromatic rings. The molecule has 17 heavy (non-hydrogen) atoms. The molecule has 1 unspecified atom stereocenters. The highest BCUT2D eigenvalue weighted by Crippen LogP contribution is 2.28. The van der Waals surface area contributed by atoms with Crippen molar-refractivity contribution < 1.29 is 18.0 Å². The predicted octanol–water partition coefficient (Wildman–Crippen LogP) is 2.66. The second kappa shape index (κ2) is 4.39. The van der Waals surface area contributed by atoms with Gasteiger partial charge in [-0.25, -0.2) is 13.2 Å². The van der Waals surface area contributed by atoms with E-state index in [0.29, 0.717) is 19.4 Å². The van der Waals surface area contributed by atoms with E-state index in [0.717, 1.165) is 6.07 Å². The number of benzene rings is 1. The van der Waals surface area contributed by atoms with Crippen LogP contribution in [0.3, 0.4) is 0 Å². The summed E-state index contributed by atoms with van der Waals surface area (Å²) in [4.78, 5) is 12.8. The zero-order valence-electron chi connectivity index (χ0n) is 9.34. The number of nitrogens with zero attached hydrogens (tertiary/aromatic N) is 1. The van der Waals surface area contributed by atoms with E-state index in [2.05, 4.69) is 0 Å². The number of anilines is 1. The first-order chi connectivity index (χ1) is 8.00. The molecule has 1 aliphatic rings. The summed E-state index contributed by atoms with van der Waals surface area (Å²) in [5, 5.41) is 0. The second-order valence-corrected chi connectivity index (χ2v) is 4.23. The number of rotatable bonds is 1. The van der Waals surface area contributed by atoms with Crippen LogP contribution in [0, 0.1) is 17.5 Å². The maximum Gasteiger partial charge on any atom is 0.196 e. The van der Waals surface area contributed by atoms with Gasteiger partial charge in [-0.1, -0.05) is 0 Å². The quantitative estimate of drug-likeness (QED) is 0.707. The van der Waals surface area contributed by atoms with E-state index in [1.165, 1.54) is 6.07 Å². The number of halogens is 3. The van der Waals surface area contributed by atoms with Crippen LogP contribution in [0.2, 0.25) is 0 Å². The molecule has 1 aliphatic heterocycles. The van der Waals surface area contributed by atoms with E-state index in [1.54, 1.807) is 11.8 Å². The average molecular weight is 243 g/mol. The minimum Gasteiger partial charge on any atom is -0.365 e. The van der Waals surface area contributed by atoms with Gasteiger partial charge in [-0.3, -0.25) is 4.79 Å². The molecule has 2 nitrogen and oxygen atoms in total. The molecule has 1 heterocycles. The molecule has 92 valence electrons. The van der Waals surface area contributed by atoms with Crippen LogP contribution < -0.4 is 4.90 Å². The van der Waals surface area contributed by atoms with Crippen LogP contribution in [0.1, 0.15) is 19.8 Å². The van der Waals surface area contributed by atoms with Gasteiger partial charge in [0.2, 0.25) is 0 Å². The van der Waals surface area contributed by atoms with Crippen LogP contribution in [-0.2, 0) is 4.79 Å². The Bertz CT molecular complexity index is 461. The van der Waals surface area contributed by atoms with Crippen LogP contribution in [0.25, 0.3) is 0 Å². The number of carbonyl (C=O) groups is 1. The fourth-order valence-corrected chi connectivity index (χ4v) is 2.10. The maximum atomic E-state index is 13.6. The Balaban J connectivity index is 2.34. The lowest BCUT2D eigenvalue weighted by Gasteiger charge is -2.34. The molecule has 0 amide bonds. The number of Topliss-reactive ketones (excluding diaryl/α,β-unsaturated/α-hetero) is 1. The van der Waals surface area contributed by atoms with Crippen LogP contribution >= 0.6 is 0 Å². The van der Waals surface area contributed by atoms with Gasteiger partial charge >= 0.3 is 0 Å². The van der Waals surface area contributed by atoms with E-state index in [4.69, 9.17) is 0 Å². The second-order valence-electron chi connectivity index (χ2n) is 4.23. The van der Waals surface area contributed by atoms with E-state index in [9.17, 15) is 18.0 Å². The lowest BCUT2D eigenvalue weighted by Crippen LogP contribution is -2.41. The van der Waals surface area contributed by atoms with E-state index in [-0.39, 0.29) is 17.5 Å². The van der Waals surface area contributed by atoms with Gasteiger partial charge in [-0.15, -0.1) is 0 Å². The number of ketones is 1. The van der Waals surface area contributed by atoms with Crippen molar-refractivity contribution in [3.05, 3.63) is 29.6 Å². The highest BCUT2D eigenvalue weighted by molar-refractivity contribution is 5.81. The zero-order valence-corrected chi connectivity index (χ0v) is 9.34. The molecule has 0 radical (unpaired) electrons. The molecule has 0 aromatic heterocycles. The molecule has 0 aliphatic carbocycles. The summed E-state index contributed by atoms with van der Waals surface area (Å²) in [5.41, 5.74) is 0.0175. The number of hydrogen-bond donors (Lipinski definition) is 0. The van der Waals surface area contributed by atoms with Crippen molar-refractivity contribution in [1.82, 2.24) is 0 Å². The lowest BCUT2D eigenvalue weighted by atomic mass is 10.0. The summed E-state index contributed by atoms with van der Waals surface area (Å²) in [5.74, 6) is -3.75. The fourth-order valence-electron chi connectivity index (χ4n) is 2.10. The normalized spacial score (nSPS) is 20.8. The smallest absolute Gasteiger partial charge is 0.196 e. The standard InChI is InChI=1S/C12H12F3NO/c1-7-6-8(17)4-5-16(7)10-3-2-9(13)11(14)12(10)15/h2-3,7H,4-6H2,1H3. The average Bonchev–Trinajstić information content (AvgIpc) is 2.28. The third-order valence-corrected chi connectivity index (χ3v) is 3.01. The third kappa shape index (κ3) is 2.14. The number of carbonyl (C=O) groups excluding carboxylic acids is 1. The Morgan fingerprint density at radius 1 is 1.24 bits per heavy atom. The molecule has 0 saturated carbocycles. The molecule has 1 atom stereocenters. The molecular formula is C12H12F3NO. The van der Waals surface area contributed by atoms with E-state index >= 15 is 0 Å². The highest BCUT2D eigenvalue weighted by atomic mass is 19.2. The predicted molar refractivity (Wildman–Crippen MR) is 57.4 cm³/mol. The van der Waals surface area contributed by atoms with Crippen molar-refractivity contribution in [2.45, 2.75) is 25.8 Å².